The SMILES string of the molecule is NC(=O)C1CN([C@H](c2ccc(F)c(Cl)c2F)C2CC3(C2)CC(F)(F)C3)C(=O)N1. The fraction of sp³-hybridized carbons (Fsp3) is 0.556. The van der Waals surface area contributed by atoms with E-state index in [0.717, 1.165) is 6.07 Å². The molecule has 28 heavy (non-hydrogen) atoms. The van der Waals surface area contributed by atoms with Gasteiger partial charge in [-0.2, -0.15) is 0 Å². The van der Waals surface area contributed by atoms with Gasteiger partial charge in [0.1, 0.15) is 22.7 Å². The predicted molar refractivity (Wildman–Crippen MR) is 91.7 cm³/mol. The Kier molecular flexibility index (Phi) is 4.30. The Bertz CT molecular complexity index is 849. The first kappa shape index (κ1) is 19.3. The molecule has 3 fully saturated rings. The van der Waals surface area contributed by atoms with Crippen molar-refractivity contribution >= 4 is 23.5 Å². The Hall–Kier alpha value is -2.03. The molecule has 0 aromatic heterocycles. The molecule has 1 aromatic carbocycles. The van der Waals surface area contributed by atoms with Crippen molar-refractivity contribution in [1.29, 1.82) is 0 Å². The highest BCUT2D eigenvalue weighted by Crippen LogP contribution is 2.67. The van der Waals surface area contributed by atoms with E-state index in [-0.39, 0.29) is 30.9 Å². The van der Waals surface area contributed by atoms with Crippen LogP contribution in [-0.4, -0.2) is 35.3 Å². The van der Waals surface area contributed by atoms with Crippen molar-refractivity contribution in [1.82, 2.24) is 10.2 Å². The number of carbonyl (C=O) groups excluding carboxylic acids is 2. The molecular formula is C18H18ClF4N3O2. The molecule has 1 aromatic rings. The van der Waals surface area contributed by atoms with Crippen LogP contribution in [0.25, 0.3) is 0 Å². The molecule has 4 rings (SSSR count). The lowest BCUT2D eigenvalue weighted by atomic mass is 9.48. The fourth-order valence-corrected chi connectivity index (χ4v) is 5.19. The van der Waals surface area contributed by atoms with E-state index in [1.165, 1.54) is 11.0 Å². The number of primary amides is 1. The van der Waals surface area contributed by atoms with Gasteiger partial charge in [0.2, 0.25) is 11.8 Å². The maximum absolute atomic E-state index is 14.7. The van der Waals surface area contributed by atoms with E-state index in [9.17, 15) is 27.2 Å². The average molecular weight is 420 g/mol. The summed E-state index contributed by atoms with van der Waals surface area (Å²) in [5.41, 5.74) is 4.74. The van der Waals surface area contributed by atoms with Crippen LogP contribution in [0.3, 0.4) is 0 Å². The Morgan fingerprint density at radius 3 is 2.46 bits per heavy atom. The van der Waals surface area contributed by atoms with Gasteiger partial charge in [-0.3, -0.25) is 4.79 Å². The van der Waals surface area contributed by atoms with Crippen molar-refractivity contribution in [2.24, 2.45) is 17.1 Å². The van der Waals surface area contributed by atoms with E-state index in [4.69, 9.17) is 17.3 Å². The van der Waals surface area contributed by atoms with E-state index < -0.39 is 52.0 Å². The van der Waals surface area contributed by atoms with Gasteiger partial charge in [0, 0.05) is 18.4 Å². The molecule has 5 nitrogen and oxygen atoms in total. The van der Waals surface area contributed by atoms with Crippen molar-refractivity contribution in [3.63, 3.8) is 0 Å². The smallest absolute Gasteiger partial charge is 0.318 e. The van der Waals surface area contributed by atoms with E-state index in [0.29, 0.717) is 12.8 Å². The molecule has 2 atom stereocenters. The fourth-order valence-electron chi connectivity index (χ4n) is 5.01. The van der Waals surface area contributed by atoms with Gasteiger partial charge in [-0.25, -0.2) is 22.4 Å². The van der Waals surface area contributed by atoms with Crippen LogP contribution >= 0.6 is 11.6 Å². The summed E-state index contributed by atoms with van der Waals surface area (Å²) < 4.78 is 55.0. The van der Waals surface area contributed by atoms with Crippen LogP contribution in [-0.2, 0) is 4.79 Å². The van der Waals surface area contributed by atoms with Crippen LogP contribution in [0.2, 0.25) is 5.02 Å². The molecule has 0 bridgehead atoms. The zero-order valence-corrected chi connectivity index (χ0v) is 15.4. The quantitative estimate of drug-likeness (QED) is 0.580. The third-order valence-corrected chi connectivity index (χ3v) is 6.45. The minimum absolute atomic E-state index is 0.00222. The Balaban J connectivity index is 1.65. The van der Waals surface area contributed by atoms with Gasteiger partial charge in [0.15, 0.2) is 0 Å². The number of rotatable bonds is 4. The number of nitrogens with zero attached hydrogens (tertiary/aromatic N) is 1. The number of benzene rings is 1. The molecule has 2 aliphatic carbocycles. The van der Waals surface area contributed by atoms with Gasteiger partial charge in [0.05, 0.1) is 12.6 Å². The van der Waals surface area contributed by atoms with Crippen LogP contribution in [0.15, 0.2) is 12.1 Å². The van der Waals surface area contributed by atoms with Gasteiger partial charge in [-0.15, -0.1) is 0 Å². The normalized spacial score (nSPS) is 26.5. The highest BCUT2D eigenvalue weighted by atomic mass is 35.5. The first-order valence-electron chi connectivity index (χ1n) is 8.90. The highest BCUT2D eigenvalue weighted by molar-refractivity contribution is 6.31. The molecule has 1 spiro atoms. The molecular weight excluding hydrogens is 402 g/mol. The summed E-state index contributed by atoms with van der Waals surface area (Å²) in [4.78, 5) is 25.1. The van der Waals surface area contributed by atoms with Crippen LogP contribution in [0.4, 0.5) is 22.4 Å². The molecule has 1 heterocycles. The van der Waals surface area contributed by atoms with Gasteiger partial charge >= 0.3 is 6.03 Å². The van der Waals surface area contributed by atoms with Crippen LogP contribution in [0.1, 0.15) is 37.3 Å². The minimum atomic E-state index is -2.69. The van der Waals surface area contributed by atoms with E-state index in [1.807, 2.05) is 0 Å². The summed E-state index contributed by atoms with van der Waals surface area (Å²) >= 11 is 5.70. The topological polar surface area (TPSA) is 75.4 Å². The minimum Gasteiger partial charge on any atom is -0.368 e. The van der Waals surface area contributed by atoms with Gasteiger partial charge in [-0.1, -0.05) is 17.7 Å². The Morgan fingerprint density at radius 2 is 1.93 bits per heavy atom. The van der Waals surface area contributed by atoms with Gasteiger partial charge in [-0.05, 0) is 30.2 Å². The molecule has 10 heteroatoms. The van der Waals surface area contributed by atoms with E-state index in [2.05, 4.69) is 5.32 Å². The number of hydrogen-bond acceptors (Lipinski definition) is 2. The molecule has 2 saturated carbocycles. The largest absolute Gasteiger partial charge is 0.368 e. The number of alkyl halides is 2. The Labute approximate surface area is 163 Å². The lowest BCUT2D eigenvalue weighted by Crippen LogP contribution is -2.56. The second-order valence-corrected chi connectivity index (χ2v) is 8.52. The zero-order chi connectivity index (χ0) is 20.4. The maximum atomic E-state index is 14.7. The maximum Gasteiger partial charge on any atom is 0.318 e. The molecule has 0 radical (unpaired) electrons. The zero-order valence-electron chi connectivity index (χ0n) is 14.7. The molecule has 1 saturated heterocycles. The Morgan fingerprint density at radius 1 is 1.29 bits per heavy atom. The average Bonchev–Trinajstić information content (AvgIpc) is 2.93. The van der Waals surface area contributed by atoms with Gasteiger partial charge in [0.25, 0.3) is 0 Å². The number of nitrogens with two attached hydrogens (primary N) is 1. The van der Waals surface area contributed by atoms with Crippen molar-refractivity contribution in [3.05, 3.63) is 34.4 Å². The third kappa shape index (κ3) is 3.00. The first-order chi connectivity index (χ1) is 13.0. The summed E-state index contributed by atoms with van der Waals surface area (Å²) in [6, 6.07) is -0.224. The number of urea groups is 1. The van der Waals surface area contributed by atoms with Crippen LogP contribution < -0.4 is 11.1 Å². The predicted octanol–water partition coefficient (Wildman–Crippen LogP) is 3.36. The lowest BCUT2D eigenvalue weighted by molar-refractivity contribution is -0.213. The monoisotopic (exact) mass is 419 g/mol. The molecule has 3 N–H and O–H groups in total. The second-order valence-electron chi connectivity index (χ2n) is 8.14. The third-order valence-electron chi connectivity index (χ3n) is 6.10. The second kappa shape index (κ2) is 6.23. The summed E-state index contributed by atoms with van der Waals surface area (Å²) in [6.45, 7) is -0.0903. The summed E-state index contributed by atoms with van der Waals surface area (Å²) in [6.07, 6.45) is 0.303. The number of halogens is 5. The molecule has 1 unspecified atom stereocenters. The standard InChI is InChI=1S/C18H18ClF4N3O2/c19-12-10(20)2-1-9(13(12)21)14(26-5-11(15(24)27)25-16(26)28)8-3-17(4-8)6-18(22,23)7-17/h1-2,8,11,14H,3-7H2,(H2,24,27)(H,25,28)/t11?,14-/m0/s1. The van der Waals surface area contributed by atoms with Gasteiger partial charge < -0.3 is 16.0 Å². The molecule has 1 aliphatic heterocycles. The van der Waals surface area contributed by atoms with E-state index >= 15 is 0 Å². The molecule has 152 valence electrons. The highest BCUT2D eigenvalue weighted by Gasteiger charge is 2.63. The van der Waals surface area contributed by atoms with E-state index in [1.54, 1.807) is 0 Å². The van der Waals surface area contributed by atoms with Crippen LogP contribution in [0.5, 0.6) is 0 Å². The number of carbonyl (C=O) groups is 2. The number of amides is 3. The molecule has 3 amide bonds. The van der Waals surface area contributed by atoms with Crippen molar-refractivity contribution in [2.45, 2.75) is 43.7 Å². The number of hydrogen-bond donors (Lipinski definition) is 2. The first-order valence-corrected chi connectivity index (χ1v) is 9.27. The summed E-state index contributed by atoms with van der Waals surface area (Å²) in [5.74, 6) is -5.68. The van der Waals surface area contributed by atoms with Crippen molar-refractivity contribution in [2.75, 3.05) is 6.54 Å². The summed E-state index contributed by atoms with van der Waals surface area (Å²) in [7, 11) is 0. The lowest BCUT2D eigenvalue weighted by Gasteiger charge is -2.59. The number of nitrogens with one attached hydrogen (secondary N) is 1. The van der Waals surface area contributed by atoms with Crippen molar-refractivity contribution in [3.8, 4) is 0 Å². The van der Waals surface area contributed by atoms with Crippen molar-refractivity contribution < 1.29 is 27.2 Å². The summed E-state index contributed by atoms with van der Waals surface area (Å²) in [5, 5.41) is 1.73. The van der Waals surface area contributed by atoms with Crippen LogP contribution in [0, 0.1) is 23.0 Å². The molecule has 3 aliphatic rings.